The summed E-state index contributed by atoms with van der Waals surface area (Å²) in [6.07, 6.45) is 8.07. The van der Waals surface area contributed by atoms with Crippen molar-refractivity contribution in [2.24, 2.45) is 0 Å². The van der Waals surface area contributed by atoms with E-state index in [0.29, 0.717) is 18.5 Å². The van der Waals surface area contributed by atoms with Crippen molar-refractivity contribution in [1.82, 2.24) is 14.5 Å². The minimum absolute atomic E-state index is 0.0655. The number of hydrogen-bond donors (Lipinski definition) is 1. The van der Waals surface area contributed by atoms with E-state index in [2.05, 4.69) is 4.98 Å². The molecule has 0 saturated heterocycles. The molecule has 1 aromatic carbocycles. The maximum absolute atomic E-state index is 13.1. The second-order valence-electron chi connectivity index (χ2n) is 6.18. The zero-order valence-electron chi connectivity index (χ0n) is 14.8. The Labute approximate surface area is 153 Å². The minimum Gasteiger partial charge on any atom is -0.394 e. The second kappa shape index (κ2) is 8.45. The van der Waals surface area contributed by atoms with Crippen molar-refractivity contribution in [3.8, 4) is 5.69 Å². The molecule has 1 amide bonds. The third kappa shape index (κ3) is 4.00. The van der Waals surface area contributed by atoms with E-state index in [1.54, 1.807) is 17.3 Å². The van der Waals surface area contributed by atoms with E-state index < -0.39 is 0 Å². The number of rotatable bonds is 7. The highest BCUT2D eigenvalue weighted by Crippen LogP contribution is 2.17. The van der Waals surface area contributed by atoms with E-state index in [4.69, 9.17) is 0 Å². The van der Waals surface area contributed by atoms with Gasteiger partial charge in [-0.2, -0.15) is 0 Å². The largest absolute Gasteiger partial charge is 0.394 e. The van der Waals surface area contributed by atoms with Crippen LogP contribution in [-0.2, 0) is 6.54 Å². The van der Waals surface area contributed by atoms with Gasteiger partial charge in [0.15, 0.2) is 0 Å². The van der Waals surface area contributed by atoms with E-state index in [9.17, 15) is 9.90 Å². The highest BCUT2D eigenvalue weighted by Gasteiger charge is 2.23. The molecule has 0 spiro atoms. The van der Waals surface area contributed by atoms with Gasteiger partial charge >= 0.3 is 0 Å². The van der Waals surface area contributed by atoms with Gasteiger partial charge in [-0.25, -0.2) is 0 Å². The Morgan fingerprint density at radius 2 is 1.88 bits per heavy atom. The molecule has 26 heavy (non-hydrogen) atoms. The minimum atomic E-state index is -0.230. The van der Waals surface area contributed by atoms with Crippen LogP contribution in [0.25, 0.3) is 5.69 Å². The Kier molecular flexibility index (Phi) is 5.81. The molecule has 0 aliphatic heterocycles. The van der Waals surface area contributed by atoms with Crippen molar-refractivity contribution in [2.75, 3.05) is 6.61 Å². The zero-order valence-corrected chi connectivity index (χ0v) is 14.8. The van der Waals surface area contributed by atoms with E-state index >= 15 is 0 Å². The summed E-state index contributed by atoms with van der Waals surface area (Å²) in [4.78, 5) is 18.9. The average Bonchev–Trinajstić information content (AvgIpc) is 3.23. The smallest absolute Gasteiger partial charge is 0.254 e. The Bertz CT molecular complexity index is 810. The zero-order chi connectivity index (χ0) is 18.4. The summed E-state index contributed by atoms with van der Waals surface area (Å²) in [6, 6.07) is 15.0. The molecule has 5 heteroatoms. The molecule has 0 saturated carbocycles. The molecule has 3 rings (SSSR count). The summed E-state index contributed by atoms with van der Waals surface area (Å²) in [5, 5.41) is 9.73. The fourth-order valence-electron chi connectivity index (χ4n) is 2.95. The van der Waals surface area contributed by atoms with Gasteiger partial charge in [0.25, 0.3) is 5.91 Å². The molecule has 2 heterocycles. The number of carbonyl (C=O) groups excluding carboxylic acids is 1. The molecule has 0 aliphatic rings. The molecular weight excluding hydrogens is 326 g/mol. The van der Waals surface area contributed by atoms with Gasteiger partial charge in [-0.1, -0.05) is 13.0 Å². The lowest BCUT2D eigenvalue weighted by Crippen LogP contribution is -2.41. The first-order valence-corrected chi connectivity index (χ1v) is 8.77. The summed E-state index contributed by atoms with van der Waals surface area (Å²) >= 11 is 0. The fraction of sp³-hybridized carbons (Fsp3) is 0.238. The fourth-order valence-corrected chi connectivity index (χ4v) is 2.95. The summed E-state index contributed by atoms with van der Waals surface area (Å²) in [7, 11) is 0. The average molecular weight is 349 g/mol. The number of aromatic nitrogens is 2. The van der Waals surface area contributed by atoms with E-state index in [0.717, 1.165) is 11.3 Å². The van der Waals surface area contributed by atoms with E-state index in [1.165, 1.54) is 0 Å². The Morgan fingerprint density at radius 3 is 2.46 bits per heavy atom. The van der Waals surface area contributed by atoms with Crippen molar-refractivity contribution >= 4 is 5.91 Å². The SMILES string of the molecule is CCC(CO)N(Cc1cccnc1)C(=O)c1ccc(-n2cccc2)cc1. The van der Waals surface area contributed by atoms with Crippen LogP contribution >= 0.6 is 0 Å². The number of carbonyl (C=O) groups is 1. The number of amides is 1. The van der Waals surface area contributed by atoms with Gasteiger partial charge in [-0.15, -0.1) is 0 Å². The van der Waals surface area contributed by atoms with Crippen LogP contribution in [0.3, 0.4) is 0 Å². The summed E-state index contributed by atoms with van der Waals surface area (Å²) in [5.74, 6) is -0.0891. The molecule has 1 N–H and O–H groups in total. The van der Waals surface area contributed by atoms with Gasteiger partial charge in [0, 0.05) is 42.6 Å². The van der Waals surface area contributed by atoms with Gasteiger partial charge in [0.1, 0.15) is 0 Å². The van der Waals surface area contributed by atoms with Crippen molar-refractivity contribution in [2.45, 2.75) is 25.9 Å². The lowest BCUT2D eigenvalue weighted by molar-refractivity contribution is 0.0563. The number of benzene rings is 1. The standard InChI is InChI=1S/C21H23N3O2/c1-2-19(16-25)24(15-17-6-5-11-22-14-17)21(26)18-7-9-20(10-8-18)23-12-3-4-13-23/h3-14,19,25H,2,15-16H2,1H3. The number of hydrogen-bond acceptors (Lipinski definition) is 3. The normalized spacial score (nSPS) is 11.9. The molecule has 134 valence electrons. The summed E-state index contributed by atoms with van der Waals surface area (Å²) in [5.41, 5.74) is 2.55. The van der Waals surface area contributed by atoms with Crippen LogP contribution in [0.15, 0.2) is 73.3 Å². The molecule has 3 aromatic rings. The highest BCUT2D eigenvalue weighted by atomic mass is 16.3. The molecule has 5 nitrogen and oxygen atoms in total. The van der Waals surface area contributed by atoms with Crippen LogP contribution in [-0.4, -0.2) is 38.1 Å². The van der Waals surface area contributed by atoms with Crippen molar-refractivity contribution in [3.63, 3.8) is 0 Å². The predicted octanol–water partition coefficient (Wildman–Crippen LogP) is 3.29. The van der Waals surface area contributed by atoms with Crippen molar-refractivity contribution in [3.05, 3.63) is 84.4 Å². The van der Waals surface area contributed by atoms with Gasteiger partial charge in [-0.3, -0.25) is 9.78 Å². The lowest BCUT2D eigenvalue weighted by Gasteiger charge is -2.30. The predicted molar refractivity (Wildman–Crippen MR) is 101 cm³/mol. The van der Waals surface area contributed by atoms with Crippen LogP contribution in [0.2, 0.25) is 0 Å². The Hall–Kier alpha value is -2.92. The monoisotopic (exact) mass is 349 g/mol. The maximum atomic E-state index is 13.1. The molecular formula is C21H23N3O2. The molecule has 0 bridgehead atoms. The van der Waals surface area contributed by atoms with Gasteiger partial charge in [0.05, 0.1) is 12.6 Å². The number of pyridine rings is 1. The Balaban J connectivity index is 1.84. The number of aliphatic hydroxyl groups is 1. The van der Waals surface area contributed by atoms with Crippen LogP contribution in [0.1, 0.15) is 29.3 Å². The number of aliphatic hydroxyl groups excluding tert-OH is 1. The summed E-state index contributed by atoms with van der Waals surface area (Å²) < 4.78 is 1.99. The highest BCUT2D eigenvalue weighted by molar-refractivity contribution is 5.94. The van der Waals surface area contributed by atoms with Crippen LogP contribution < -0.4 is 0 Å². The van der Waals surface area contributed by atoms with E-state index in [-0.39, 0.29) is 18.6 Å². The lowest BCUT2D eigenvalue weighted by atomic mass is 10.1. The quantitative estimate of drug-likeness (QED) is 0.712. The molecule has 1 unspecified atom stereocenters. The second-order valence-corrected chi connectivity index (χ2v) is 6.18. The van der Waals surface area contributed by atoms with Gasteiger partial charge in [-0.05, 0) is 54.4 Å². The molecule has 0 aliphatic carbocycles. The first kappa shape index (κ1) is 17.9. The van der Waals surface area contributed by atoms with Crippen LogP contribution in [0.5, 0.6) is 0 Å². The van der Waals surface area contributed by atoms with Crippen molar-refractivity contribution < 1.29 is 9.90 Å². The first-order chi connectivity index (χ1) is 12.7. The summed E-state index contributed by atoms with van der Waals surface area (Å²) in [6.45, 7) is 2.33. The third-order valence-electron chi connectivity index (χ3n) is 4.48. The van der Waals surface area contributed by atoms with Gasteiger partial charge < -0.3 is 14.6 Å². The Morgan fingerprint density at radius 1 is 1.15 bits per heavy atom. The first-order valence-electron chi connectivity index (χ1n) is 8.77. The third-order valence-corrected chi connectivity index (χ3v) is 4.48. The molecule has 0 fully saturated rings. The maximum Gasteiger partial charge on any atom is 0.254 e. The molecule has 1 atom stereocenters. The van der Waals surface area contributed by atoms with Crippen LogP contribution in [0.4, 0.5) is 0 Å². The molecule has 2 aromatic heterocycles. The van der Waals surface area contributed by atoms with Gasteiger partial charge in [0.2, 0.25) is 0 Å². The van der Waals surface area contributed by atoms with E-state index in [1.807, 2.05) is 72.4 Å². The number of nitrogens with zero attached hydrogens (tertiary/aromatic N) is 3. The van der Waals surface area contributed by atoms with Crippen LogP contribution in [0, 0.1) is 0 Å². The topological polar surface area (TPSA) is 58.4 Å². The molecule has 0 radical (unpaired) electrons. The van der Waals surface area contributed by atoms with Crippen molar-refractivity contribution in [1.29, 1.82) is 0 Å².